The molecule has 176 valence electrons. The van der Waals surface area contributed by atoms with Gasteiger partial charge in [-0.05, 0) is 31.3 Å². The average molecular weight is 450 g/mol. The zero-order valence-corrected chi connectivity index (χ0v) is 18.5. The van der Waals surface area contributed by atoms with Crippen molar-refractivity contribution in [3.63, 3.8) is 0 Å². The molecule has 1 atom stereocenters. The standard InChI is InChI=1S/C22H32FN5O4/c1-25-6-12-28(13-7-25)21(30)16-27-10-8-26(9-11-27)15-17(22(31)32)14-20(29)24-19-4-2-18(23)3-5-19/h2-5,17H,6-16H2,1H3,(H,24,29)(H,31,32). The fraction of sp³-hybridized carbons (Fsp3) is 0.591. The molecule has 1 aromatic carbocycles. The van der Waals surface area contributed by atoms with Gasteiger partial charge in [0.05, 0.1) is 12.5 Å². The van der Waals surface area contributed by atoms with Crippen LogP contribution < -0.4 is 5.32 Å². The van der Waals surface area contributed by atoms with Crippen molar-refractivity contribution in [2.75, 3.05) is 77.8 Å². The quantitative estimate of drug-likeness (QED) is 0.587. The van der Waals surface area contributed by atoms with Gasteiger partial charge in [0.25, 0.3) is 0 Å². The minimum absolute atomic E-state index is 0.146. The Kier molecular flexibility index (Phi) is 8.54. The lowest BCUT2D eigenvalue weighted by atomic mass is 10.0. The number of anilines is 1. The van der Waals surface area contributed by atoms with E-state index < -0.39 is 23.6 Å². The minimum atomic E-state index is -1.02. The summed E-state index contributed by atoms with van der Waals surface area (Å²) in [5.74, 6) is -2.54. The summed E-state index contributed by atoms with van der Waals surface area (Å²) in [6.45, 7) is 6.65. The van der Waals surface area contributed by atoms with Crippen molar-refractivity contribution in [1.29, 1.82) is 0 Å². The van der Waals surface area contributed by atoms with E-state index in [2.05, 4.69) is 22.2 Å². The molecule has 10 heteroatoms. The van der Waals surface area contributed by atoms with Crippen LogP contribution in [0.15, 0.2) is 24.3 Å². The number of carboxylic acids is 1. The van der Waals surface area contributed by atoms with E-state index in [1.54, 1.807) is 0 Å². The number of amides is 2. The number of halogens is 1. The highest BCUT2D eigenvalue weighted by atomic mass is 19.1. The second kappa shape index (κ2) is 11.3. The third kappa shape index (κ3) is 7.25. The van der Waals surface area contributed by atoms with E-state index in [0.717, 1.165) is 26.2 Å². The zero-order chi connectivity index (χ0) is 23.1. The van der Waals surface area contributed by atoms with E-state index in [4.69, 9.17) is 0 Å². The number of rotatable bonds is 8. The van der Waals surface area contributed by atoms with Crippen molar-refractivity contribution in [3.8, 4) is 0 Å². The molecule has 2 fully saturated rings. The monoisotopic (exact) mass is 449 g/mol. The number of hydrogen-bond donors (Lipinski definition) is 2. The van der Waals surface area contributed by atoms with E-state index in [1.165, 1.54) is 24.3 Å². The number of carbonyl (C=O) groups is 3. The van der Waals surface area contributed by atoms with Gasteiger partial charge >= 0.3 is 5.97 Å². The molecule has 0 aliphatic carbocycles. The molecular weight excluding hydrogens is 417 g/mol. The normalized spacial score (nSPS) is 19.5. The lowest BCUT2D eigenvalue weighted by Gasteiger charge is -2.37. The highest BCUT2D eigenvalue weighted by Gasteiger charge is 2.28. The topological polar surface area (TPSA) is 96.4 Å². The Morgan fingerprint density at radius 1 is 0.969 bits per heavy atom. The van der Waals surface area contributed by atoms with Crippen LogP contribution in [0, 0.1) is 11.7 Å². The van der Waals surface area contributed by atoms with Gasteiger partial charge in [0.15, 0.2) is 0 Å². The van der Waals surface area contributed by atoms with Gasteiger partial charge < -0.3 is 20.2 Å². The Morgan fingerprint density at radius 3 is 2.16 bits per heavy atom. The predicted molar refractivity (Wildman–Crippen MR) is 118 cm³/mol. The molecule has 2 N–H and O–H groups in total. The molecule has 1 unspecified atom stereocenters. The third-order valence-electron chi connectivity index (χ3n) is 6.07. The molecule has 2 amide bonds. The first-order valence-electron chi connectivity index (χ1n) is 11.0. The van der Waals surface area contributed by atoms with Crippen LogP contribution in [0.4, 0.5) is 10.1 Å². The summed E-state index contributed by atoms with van der Waals surface area (Å²) < 4.78 is 13.0. The molecule has 0 spiro atoms. The van der Waals surface area contributed by atoms with Gasteiger partial charge in [-0.3, -0.25) is 24.2 Å². The second-order valence-corrected chi connectivity index (χ2v) is 8.56. The molecule has 2 aliphatic rings. The van der Waals surface area contributed by atoms with Crippen LogP contribution >= 0.6 is 0 Å². The van der Waals surface area contributed by atoms with Crippen molar-refractivity contribution >= 4 is 23.5 Å². The van der Waals surface area contributed by atoms with Crippen molar-refractivity contribution < 1.29 is 23.9 Å². The molecule has 2 saturated heterocycles. The molecule has 2 aliphatic heterocycles. The van der Waals surface area contributed by atoms with Crippen LogP contribution in [0.25, 0.3) is 0 Å². The first-order valence-corrected chi connectivity index (χ1v) is 11.0. The second-order valence-electron chi connectivity index (χ2n) is 8.56. The SMILES string of the molecule is CN1CCN(C(=O)CN2CCN(CC(CC(=O)Nc3ccc(F)cc3)C(=O)O)CC2)CC1. The number of piperazine rings is 2. The molecule has 9 nitrogen and oxygen atoms in total. The zero-order valence-electron chi connectivity index (χ0n) is 18.5. The first-order chi connectivity index (χ1) is 15.3. The van der Waals surface area contributed by atoms with Gasteiger partial charge in [-0.15, -0.1) is 0 Å². The van der Waals surface area contributed by atoms with Crippen molar-refractivity contribution in [3.05, 3.63) is 30.1 Å². The Morgan fingerprint density at radius 2 is 1.56 bits per heavy atom. The highest BCUT2D eigenvalue weighted by molar-refractivity contribution is 5.93. The molecule has 1 aromatic rings. The first kappa shape index (κ1) is 24.1. The lowest BCUT2D eigenvalue weighted by Crippen LogP contribution is -2.53. The number of nitrogens with one attached hydrogen (secondary N) is 1. The Labute approximate surface area is 187 Å². The fourth-order valence-corrected chi connectivity index (χ4v) is 3.99. The van der Waals surface area contributed by atoms with E-state index in [9.17, 15) is 23.9 Å². The van der Waals surface area contributed by atoms with Crippen molar-refractivity contribution in [1.82, 2.24) is 19.6 Å². The predicted octanol–water partition coefficient (Wildman–Crippen LogP) is 0.247. The van der Waals surface area contributed by atoms with Crippen LogP contribution in [-0.4, -0.2) is 115 Å². The summed E-state index contributed by atoms with van der Waals surface area (Å²) >= 11 is 0. The molecule has 0 saturated carbocycles. The van der Waals surface area contributed by atoms with Gasteiger partial charge in [0.1, 0.15) is 5.82 Å². The summed E-state index contributed by atoms with van der Waals surface area (Å²) in [5.41, 5.74) is 0.430. The molecule has 2 heterocycles. The summed E-state index contributed by atoms with van der Waals surface area (Å²) in [6, 6.07) is 5.34. The Hall–Kier alpha value is -2.56. The Balaban J connectivity index is 1.41. The summed E-state index contributed by atoms with van der Waals surface area (Å²) in [4.78, 5) is 44.7. The van der Waals surface area contributed by atoms with Gasteiger partial charge in [-0.2, -0.15) is 0 Å². The Bertz CT molecular complexity index is 790. The highest BCUT2D eigenvalue weighted by Crippen LogP contribution is 2.14. The van der Waals surface area contributed by atoms with Crippen LogP contribution in [0.5, 0.6) is 0 Å². The summed E-state index contributed by atoms with van der Waals surface area (Å²) in [6.07, 6.45) is -0.158. The maximum absolute atomic E-state index is 13.0. The molecule has 32 heavy (non-hydrogen) atoms. The third-order valence-corrected chi connectivity index (χ3v) is 6.07. The van der Waals surface area contributed by atoms with Gasteiger partial charge in [-0.25, -0.2) is 4.39 Å². The number of carbonyl (C=O) groups excluding carboxylic acids is 2. The molecule has 0 aromatic heterocycles. The van der Waals surface area contributed by atoms with Gasteiger partial charge in [0.2, 0.25) is 11.8 Å². The fourth-order valence-electron chi connectivity index (χ4n) is 3.99. The summed E-state index contributed by atoms with van der Waals surface area (Å²) in [7, 11) is 2.05. The van der Waals surface area contributed by atoms with E-state index >= 15 is 0 Å². The number of aliphatic carboxylic acids is 1. The number of likely N-dealkylation sites (N-methyl/N-ethyl adjacent to an activating group) is 1. The largest absolute Gasteiger partial charge is 0.481 e. The lowest BCUT2D eigenvalue weighted by molar-refractivity contribution is -0.144. The minimum Gasteiger partial charge on any atom is -0.481 e. The molecule has 0 bridgehead atoms. The van der Waals surface area contributed by atoms with E-state index in [-0.39, 0.29) is 18.9 Å². The maximum Gasteiger partial charge on any atom is 0.308 e. The summed E-state index contributed by atoms with van der Waals surface area (Å²) in [5, 5.41) is 12.2. The van der Waals surface area contributed by atoms with E-state index in [1.807, 2.05) is 9.80 Å². The van der Waals surface area contributed by atoms with Crippen LogP contribution in [0.3, 0.4) is 0 Å². The van der Waals surface area contributed by atoms with Crippen LogP contribution in [0.1, 0.15) is 6.42 Å². The number of benzene rings is 1. The molecular formula is C22H32FN5O4. The van der Waals surface area contributed by atoms with Gasteiger partial charge in [0, 0.05) is 71.0 Å². The smallest absolute Gasteiger partial charge is 0.308 e. The van der Waals surface area contributed by atoms with Gasteiger partial charge in [-0.1, -0.05) is 0 Å². The average Bonchev–Trinajstić information content (AvgIpc) is 2.76. The molecule has 3 rings (SSSR count). The van der Waals surface area contributed by atoms with Crippen LogP contribution in [0.2, 0.25) is 0 Å². The maximum atomic E-state index is 13.0. The van der Waals surface area contributed by atoms with Crippen molar-refractivity contribution in [2.24, 2.45) is 5.92 Å². The van der Waals surface area contributed by atoms with Crippen molar-refractivity contribution in [2.45, 2.75) is 6.42 Å². The number of hydrogen-bond acceptors (Lipinski definition) is 6. The number of nitrogens with zero attached hydrogens (tertiary/aromatic N) is 4. The van der Waals surface area contributed by atoms with Crippen LogP contribution in [-0.2, 0) is 14.4 Å². The van der Waals surface area contributed by atoms with E-state index in [0.29, 0.717) is 38.4 Å². The number of carboxylic acid groups (broad SMARTS) is 1. The molecule has 0 radical (unpaired) electrons.